The molecule has 0 bridgehead atoms. The van der Waals surface area contributed by atoms with Crippen molar-refractivity contribution in [3.8, 4) is 0 Å². The maximum atomic E-state index is 11.9. The van der Waals surface area contributed by atoms with E-state index in [0.29, 0.717) is 13.1 Å². The third-order valence-corrected chi connectivity index (χ3v) is 3.48. The highest BCUT2D eigenvalue weighted by Gasteiger charge is 2.33. The van der Waals surface area contributed by atoms with Gasteiger partial charge in [-0.05, 0) is 12.5 Å². The van der Waals surface area contributed by atoms with E-state index in [0.717, 1.165) is 29.4 Å². The van der Waals surface area contributed by atoms with Crippen molar-refractivity contribution in [2.24, 2.45) is 5.73 Å². The maximum absolute atomic E-state index is 11.9. The number of carbonyl (C=O) groups excluding carboxylic acids is 1. The van der Waals surface area contributed by atoms with Crippen LogP contribution in [0.5, 0.6) is 0 Å². The van der Waals surface area contributed by atoms with Crippen molar-refractivity contribution < 1.29 is 9.53 Å². The monoisotopic (exact) mass is 274 g/mol. The second-order valence-electron chi connectivity index (χ2n) is 4.93. The summed E-state index contributed by atoms with van der Waals surface area (Å²) < 4.78 is 5.20. The summed E-state index contributed by atoms with van der Waals surface area (Å²) in [6.07, 6.45) is 1.24. The average Bonchev–Trinajstić information content (AvgIpc) is 3.01. The van der Waals surface area contributed by atoms with Gasteiger partial charge in [0.2, 0.25) is 0 Å². The molecule has 6 heteroatoms. The van der Waals surface area contributed by atoms with E-state index in [1.165, 1.54) is 5.01 Å². The first-order chi connectivity index (χ1) is 9.74. The van der Waals surface area contributed by atoms with E-state index in [2.05, 4.69) is 12.0 Å². The minimum Gasteiger partial charge on any atom is -0.442 e. The van der Waals surface area contributed by atoms with Crippen molar-refractivity contribution in [3.05, 3.63) is 30.0 Å². The second kappa shape index (κ2) is 5.13. The van der Waals surface area contributed by atoms with Crippen molar-refractivity contribution in [2.45, 2.75) is 25.9 Å². The van der Waals surface area contributed by atoms with Crippen LogP contribution in [0.25, 0.3) is 10.9 Å². The van der Waals surface area contributed by atoms with Crippen LogP contribution in [0.2, 0.25) is 0 Å². The van der Waals surface area contributed by atoms with Crippen molar-refractivity contribution >= 4 is 17.0 Å². The van der Waals surface area contributed by atoms with Gasteiger partial charge >= 0.3 is 6.09 Å². The minimum atomic E-state index is -0.392. The van der Waals surface area contributed by atoms with Crippen LogP contribution in [-0.2, 0) is 11.2 Å². The van der Waals surface area contributed by atoms with Crippen LogP contribution in [0.3, 0.4) is 0 Å². The SMILES string of the molecule is CCCc1nn(N2CC(CN)OC2=O)c2ccccc12. The number of carbonyl (C=O) groups is 1. The van der Waals surface area contributed by atoms with E-state index in [9.17, 15) is 4.79 Å². The molecule has 20 heavy (non-hydrogen) atoms. The zero-order valence-corrected chi connectivity index (χ0v) is 11.5. The van der Waals surface area contributed by atoms with Crippen LogP contribution in [0.1, 0.15) is 19.0 Å². The van der Waals surface area contributed by atoms with Crippen LogP contribution in [0.15, 0.2) is 24.3 Å². The number of cyclic esters (lactones) is 1. The molecule has 1 saturated heterocycles. The summed E-state index contributed by atoms with van der Waals surface area (Å²) in [6, 6.07) is 7.92. The quantitative estimate of drug-likeness (QED) is 0.914. The van der Waals surface area contributed by atoms with E-state index in [1.807, 2.05) is 24.3 Å². The van der Waals surface area contributed by atoms with Crippen LogP contribution < -0.4 is 10.7 Å². The smallest absolute Gasteiger partial charge is 0.430 e. The summed E-state index contributed by atoms with van der Waals surface area (Å²) in [7, 11) is 0. The molecule has 3 rings (SSSR count). The van der Waals surface area contributed by atoms with E-state index in [4.69, 9.17) is 10.5 Å². The first kappa shape index (κ1) is 12.9. The minimum absolute atomic E-state index is 0.264. The molecule has 1 aromatic carbocycles. The zero-order chi connectivity index (χ0) is 14.1. The normalized spacial score (nSPS) is 18.8. The Morgan fingerprint density at radius 3 is 2.95 bits per heavy atom. The van der Waals surface area contributed by atoms with E-state index >= 15 is 0 Å². The molecule has 6 nitrogen and oxygen atoms in total. The van der Waals surface area contributed by atoms with Gasteiger partial charge in [0.05, 0.1) is 17.8 Å². The third-order valence-electron chi connectivity index (χ3n) is 3.48. The number of fused-ring (bicyclic) bond motifs is 1. The largest absolute Gasteiger partial charge is 0.442 e. The number of aryl methyl sites for hydroxylation is 1. The molecular weight excluding hydrogens is 256 g/mol. The van der Waals surface area contributed by atoms with Gasteiger partial charge in [-0.25, -0.2) is 4.79 Å². The standard InChI is InChI=1S/C14H18N4O2/c1-2-5-12-11-6-3-4-7-13(11)18(16-12)17-9-10(8-15)20-14(17)19/h3-4,6-7,10H,2,5,8-9,15H2,1H3. The van der Waals surface area contributed by atoms with Crippen molar-refractivity contribution in [1.29, 1.82) is 0 Å². The van der Waals surface area contributed by atoms with E-state index < -0.39 is 6.09 Å². The Balaban J connectivity index is 2.05. The van der Waals surface area contributed by atoms with Crippen LogP contribution in [-0.4, -0.2) is 35.2 Å². The van der Waals surface area contributed by atoms with Crippen LogP contribution in [0.4, 0.5) is 4.79 Å². The number of benzene rings is 1. The molecule has 1 atom stereocenters. The average molecular weight is 274 g/mol. The molecule has 0 spiro atoms. The summed E-state index contributed by atoms with van der Waals surface area (Å²) in [5.74, 6) is 0. The van der Waals surface area contributed by atoms with Gasteiger partial charge in [-0.2, -0.15) is 14.9 Å². The molecule has 2 aromatic rings. The summed E-state index contributed by atoms with van der Waals surface area (Å²) in [5.41, 5.74) is 7.50. The van der Waals surface area contributed by atoms with E-state index in [1.54, 1.807) is 4.79 Å². The summed E-state index contributed by atoms with van der Waals surface area (Å²) in [5, 5.41) is 7.18. The lowest BCUT2D eigenvalue weighted by Crippen LogP contribution is -2.37. The molecule has 2 N–H and O–H groups in total. The number of hydrogen-bond donors (Lipinski definition) is 1. The lowest BCUT2D eigenvalue weighted by molar-refractivity contribution is 0.144. The van der Waals surface area contributed by atoms with Gasteiger partial charge in [-0.3, -0.25) is 0 Å². The number of aromatic nitrogens is 2. The zero-order valence-electron chi connectivity index (χ0n) is 11.5. The molecule has 1 amide bonds. The Bertz CT molecular complexity index is 637. The molecule has 1 unspecified atom stereocenters. The molecule has 0 radical (unpaired) electrons. The Labute approximate surface area is 117 Å². The number of hydrogen-bond acceptors (Lipinski definition) is 4. The number of ether oxygens (including phenoxy) is 1. The highest BCUT2D eigenvalue weighted by atomic mass is 16.6. The van der Waals surface area contributed by atoms with Gasteiger partial charge in [-0.1, -0.05) is 31.5 Å². The number of nitrogens with two attached hydrogens (primary N) is 1. The Morgan fingerprint density at radius 2 is 2.25 bits per heavy atom. The first-order valence-electron chi connectivity index (χ1n) is 6.89. The molecule has 2 heterocycles. The Kier molecular flexibility index (Phi) is 3.31. The van der Waals surface area contributed by atoms with Gasteiger partial charge in [0.15, 0.2) is 0 Å². The lowest BCUT2D eigenvalue weighted by atomic mass is 10.1. The fourth-order valence-electron chi connectivity index (χ4n) is 2.51. The molecule has 1 aliphatic heterocycles. The fraction of sp³-hybridized carbons (Fsp3) is 0.429. The van der Waals surface area contributed by atoms with Crippen molar-refractivity contribution in [2.75, 3.05) is 18.1 Å². The highest BCUT2D eigenvalue weighted by molar-refractivity contribution is 5.87. The Hall–Kier alpha value is -2.08. The number of para-hydroxylation sites is 1. The van der Waals surface area contributed by atoms with Gasteiger partial charge in [0.25, 0.3) is 0 Å². The second-order valence-corrected chi connectivity index (χ2v) is 4.93. The number of amides is 1. The van der Waals surface area contributed by atoms with Crippen LogP contribution in [0, 0.1) is 0 Å². The maximum Gasteiger partial charge on any atom is 0.430 e. The number of nitrogens with zero attached hydrogens (tertiary/aromatic N) is 3. The molecule has 1 aliphatic rings. The predicted molar refractivity (Wildman–Crippen MR) is 76.1 cm³/mol. The highest BCUT2D eigenvalue weighted by Crippen LogP contribution is 2.21. The summed E-state index contributed by atoms with van der Waals surface area (Å²) in [6.45, 7) is 2.87. The van der Waals surface area contributed by atoms with Gasteiger partial charge in [-0.15, -0.1) is 0 Å². The topological polar surface area (TPSA) is 73.4 Å². The third kappa shape index (κ3) is 2.02. The number of rotatable bonds is 4. The predicted octanol–water partition coefficient (Wildman–Crippen LogP) is 1.40. The molecule has 1 aromatic heterocycles. The first-order valence-corrected chi connectivity index (χ1v) is 6.89. The Morgan fingerprint density at radius 1 is 1.45 bits per heavy atom. The van der Waals surface area contributed by atoms with Gasteiger partial charge in [0.1, 0.15) is 6.10 Å². The van der Waals surface area contributed by atoms with Gasteiger partial charge in [0, 0.05) is 11.9 Å². The van der Waals surface area contributed by atoms with E-state index in [-0.39, 0.29) is 6.10 Å². The van der Waals surface area contributed by atoms with Crippen LogP contribution >= 0.6 is 0 Å². The van der Waals surface area contributed by atoms with Crippen molar-refractivity contribution in [3.63, 3.8) is 0 Å². The lowest BCUT2D eigenvalue weighted by Gasteiger charge is -2.13. The fourth-order valence-corrected chi connectivity index (χ4v) is 2.51. The summed E-state index contributed by atoms with van der Waals surface area (Å²) >= 11 is 0. The molecule has 1 fully saturated rings. The molecular formula is C14H18N4O2. The molecule has 106 valence electrons. The van der Waals surface area contributed by atoms with Gasteiger partial charge < -0.3 is 10.5 Å². The molecule has 0 saturated carbocycles. The summed E-state index contributed by atoms with van der Waals surface area (Å²) in [4.78, 5) is 13.6. The molecule has 0 aliphatic carbocycles. The van der Waals surface area contributed by atoms with Crippen molar-refractivity contribution in [1.82, 2.24) is 9.89 Å².